The quantitative estimate of drug-likeness (QED) is 0.307. The minimum atomic E-state index is -0.167. The van der Waals surface area contributed by atoms with Gasteiger partial charge in [-0.2, -0.15) is 5.10 Å². The predicted octanol–water partition coefficient (Wildman–Crippen LogP) is 8.08. The minimum Gasteiger partial charge on any atom is -0.351 e. The summed E-state index contributed by atoms with van der Waals surface area (Å²) in [6, 6.07) is 14.5. The molecule has 4 fully saturated rings. The normalized spacial score (nSPS) is 26.4. The molecule has 188 valence electrons. The molecule has 1 aromatic heterocycles. The van der Waals surface area contributed by atoms with Crippen molar-refractivity contribution >= 4 is 40.7 Å². The van der Waals surface area contributed by atoms with Gasteiger partial charge in [-0.25, -0.2) is 4.68 Å². The highest BCUT2D eigenvalue weighted by atomic mass is 35.5. The molecule has 1 heterocycles. The van der Waals surface area contributed by atoms with Gasteiger partial charge in [0.15, 0.2) is 5.69 Å². The van der Waals surface area contributed by atoms with E-state index in [2.05, 4.69) is 10.4 Å². The molecule has 4 saturated carbocycles. The van der Waals surface area contributed by atoms with Crippen LogP contribution in [0.25, 0.3) is 16.9 Å². The number of carbonyl (C=O) groups excluding carboxylic acids is 1. The average molecular weight is 543 g/mol. The highest BCUT2D eigenvalue weighted by Crippen LogP contribution is 2.57. The first-order valence-electron chi connectivity index (χ1n) is 13.0. The number of rotatable bonds is 7. The first-order chi connectivity index (χ1) is 17.4. The standard InChI is InChI=1S/C29H30Cl3N3O/c30-21-3-6-23(7-4-21)35-28(25-8-5-22(31)15-26(25)32)16-27(34-35)29(36)33-9-1-2-24-19-11-17-10-18(13-19)14-20(24)12-17/h3-8,15-20,24H,1-2,9-14H2,(H,33,36). The van der Waals surface area contributed by atoms with Gasteiger partial charge >= 0.3 is 0 Å². The topological polar surface area (TPSA) is 46.9 Å². The molecule has 1 N–H and O–H groups in total. The zero-order chi connectivity index (χ0) is 24.8. The maximum absolute atomic E-state index is 13.1. The lowest BCUT2D eigenvalue weighted by atomic mass is 9.51. The first kappa shape index (κ1) is 24.3. The lowest BCUT2D eigenvalue weighted by Crippen LogP contribution is -2.45. The summed E-state index contributed by atoms with van der Waals surface area (Å²) < 4.78 is 1.73. The Morgan fingerprint density at radius 3 is 2.22 bits per heavy atom. The Labute approximate surface area is 227 Å². The Hall–Kier alpha value is -2.01. The summed E-state index contributed by atoms with van der Waals surface area (Å²) in [6.07, 6.45) is 9.52. The van der Waals surface area contributed by atoms with Crippen LogP contribution < -0.4 is 5.32 Å². The number of aromatic nitrogens is 2. The van der Waals surface area contributed by atoms with Crippen LogP contribution in [0.15, 0.2) is 48.5 Å². The van der Waals surface area contributed by atoms with Crippen molar-refractivity contribution in [1.82, 2.24) is 15.1 Å². The van der Waals surface area contributed by atoms with E-state index >= 15 is 0 Å². The summed E-state index contributed by atoms with van der Waals surface area (Å²) in [7, 11) is 0. The van der Waals surface area contributed by atoms with Gasteiger partial charge < -0.3 is 5.32 Å². The van der Waals surface area contributed by atoms with Crippen LogP contribution in [0.1, 0.15) is 55.4 Å². The maximum atomic E-state index is 13.1. The predicted molar refractivity (Wildman–Crippen MR) is 146 cm³/mol. The van der Waals surface area contributed by atoms with Crippen LogP contribution in [0.4, 0.5) is 0 Å². The number of nitrogens with zero attached hydrogens (tertiary/aromatic N) is 2. The fraction of sp³-hybridized carbons (Fsp3) is 0.448. The van der Waals surface area contributed by atoms with Crippen LogP contribution in [-0.4, -0.2) is 22.2 Å². The molecule has 0 radical (unpaired) electrons. The van der Waals surface area contributed by atoms with E-state index in [9.17, 15) is 4.79 Å². The summed E-state index contributed by atoms with van der Waals surface area (Å²) in [5, 5.41) is 9.44. The minimum absolute atomic E-state index is 0.167. The van der Waals surface area contributed by atoms with E-state index in [4.69, 9.17) is 34.8 Å². The molecule has 3 aromatic rings. The lowest BCUT2D eigenvalue weighted by molar-refractivity contribution is -0.0401. The summed E-state index contributed by atoms with van der Waals surface area (Å²) in [5.74, 6) is 4.55. The number of halogens is 3. The molecule has 7 rings (SSSR count). The second-order valence-corrected chi connectivity index (χ2v) is 12.2. The summed E-state index contributed by atoms with van der Waals surface area (Å²) in [4.78, 5) is 13.1. The van der Waals surface area contributed by atoms with E-state index in [0.29, 0.717) is 27.3 Å². The van der Waals surface area contributed by atoms with Crippen molar-refractivity contribution in [2.24, 2.45) is 29.6 Å². The van der Waals surface area contributed by atoms with Crippen LogP contribution in [-0.2, 0) is 0 Å². The number of hydrogen-bond acceptors (Lipinski definition) is 2. The van der Waals surface area contributed by atoms with E-state index in [1.807, 2.05) is 18.2 Å². The van der Waals surface area contributed by atoms with E-state index in [0.717, 1.165) is 53.0 Å². The molecule has 4 aliphatic carbocycles. The van der Waals surface area contributed by atoms with Crippen molar-refractivity contribution in [3.8, 4) is 16.9 Å². The molecule has 0 aliphatic heterocycles. The fourth-order valence-electron chi connectivity index (χ4n) is 7.30. The SMILES string of the molecule is O=C(NCCCC1C2CC3CC(C2)CC1C3)c1cc(-c2ccc(Cl)cc2Cl)n(-c2ccc(Cl)cc2)n1. The molecule has 36 heavy (non-hydrogen) atoms. The first-order valence-corrected chi connectivity index (χ1v) is 14.2. The van der Waals surface area contributed by atoms with Crippen molar-refractivity contribution < 1.29 is 4.79 Å². The zero-order valence-electron chi connectivity index (χ0n) is 20.1. The fourth-order valence-corrected chi connectivity index (χ4v) is 7.93. The molecule has 2 aromatic carbocycles. The Balaban J connectivity index is 1.16. The maximum Gasteiger partial charge on any atom is 0.271 e. The van der Waals surface area contributed by atoms with Crippen LogP contribution in [0.3, 0.4) is 0 Å². The van der Waals surface area contributed by atoms with Gasteiger partial charge in [-0.15, -0.1) is 0 Å². The van der Waals surface area contributed by atoms with Gasteiger partial charge in [0.2, 0.25) is 0 Å². The smallest absolute Gasteiger partial charge is 0.271 e. The lowest BCUT2D eigenvalue weighted by Gasteiger charge is -2.54. The van der Waals surface area contributed by atoms with Crippen molar-refractivity contribution in [2.45, 2.75) is 44.9 Å². The molecule has 4 aliphatic rings. The second-order valence-electron chi connectivity index (χ2n) is 10.9. The van der Waals surface area contributed by atoms with Gasteiger partial charge in [0.1, 0.15) is 0 Å². The zero-order valence-corrected chi connectivity index (χ0v) is 22.4. The summed E-state index contributed by atoms with van der Waals surface area (Å²) in [5.41, 5.74) is 2.63. The Kier molecular flexibility index (Phi) is 6.79. The van der Waals surface area contributed by atoms with Gasteiger partial charge in [-0.05, 0) is 123 Å². The third-order valence-electron chi connectivity index (χ3n) is 8.64. The van der Waals surface area contributed by atoms with Crippen LogP contribution in [0.5, 0.6) is 0 Å². The van der Waals surface area contributed by atoms with E-state index < -0.39 is 0 Å². The van der Waals surface area contributed by atoms with Gasteiger partial charge in [-0.1, -0.05) is 34.8 Å². The van der Waals surface area contributed by atoms with Crippen LogP contribution in [0.2, 0.25) is 15.1 Å². The number of nitrogens with one attached hydrogen (secondary N) is 1. The van der Waals surface area contributed by atoms with Crippen molar-refractivity contribution in [3.63, 3.8) is 0 Å². The van der Waals surface area contributed by atoms with Crippen molar-refractivity contribution in [2.75, 3.05) is 6.54 Å². The highest BCUT2D eigenvalue weighted by Gasteiger charge is 2.47. The molecular weight excluding hydrogens is 513 g/mol. The number of hydrogen-bond donors (Lipinski definition) is 1. The average Bonchev–Trinajstić information content (AvgIpc) is 3.28. The third-order valence-corrected chi connectivity index (χ3v) is 9.44. The number of benzene rings is 2. The third kappa shape index (κ3) is 4.80. The molecule has 4 bridgehead atoms. The second kappa shape index (κ2) is 10.0. The van der Waals surface area contributed by atoms with Crippen molar-refractivity contribution in [1.29, 1.82) is 0 Å². The number of amides is 1. The van der Waals surface area contributed by atoms with Gasteiger partial charge in [0.25, 0.3) is 5.91 Å². The largest absolute Gasteiger partial charge is 0.351 e. The van der Waals surface area contributed by atoms with Crippen molar-refractivity contribution in [3.05, 3.63) is 69.3 Å². The summed E-state index contributed by atoms with van der Waals surface area (Å²) in [6.45, 7) is 0.673. The van der Waals surface area contributed by atoms with Crippen LogP contribution in [0, 0.1) is 29.6 Å². The molecule has 0 atom stereocenters. The molecule has 7 heteroatoms. The van der Waals surface area contributed by atoms with Gasteiger partial charge in [0.05, 0.1) is 16.4 Å². The monoisotopic (exact) mass is 541 g/mol. The highest BCUT2D eigenvalue weighted by molar-refractivity contribution is 6.36. The number of carbonyl (C=O) groups is 1. The van der Waals surface area contributed by atoms with Gasteiger partial charge in [-0.3, -0.25) is 4.79 Å². The Morgan fingerprint density at radius 1 is 0.889 bits per heavy atom. The molecular formula is C29H30Cl3N3O. The molecule has 0 saturated heterocycles. The van der Waals surface area contributed by atoms with E-state index in [1.165, 1.54) is 38.5 Å². The summed E-state index contributed by atoms with van der Waals surface area (Å²) >= 11 is 18.7. The Bertz CT molecular complexity index is 1240. The van der Waals surface area contributed by atoms with Crippen LogP contribution >= 0.6 is 34.8 Å². The van der Waals surface area contributed by atoms with Gasteiger partial charge in [0, 0.05) is 22.2 Å². The molecule has 4 nitrogen and oxygen atoms in total. The molecule has 1 amide bonds. The molecule has 0 spiro atoms. The van der Waals surface area contributed by atoms with E-state index in [1.54, 1.807) is 35.0 Å². The molecule has 0 unspecified atom stereocenters. The van der Waals surface area contributed by atoms with E-state index in [-0.39, 0.29) is 5.91 Å². The Morgan fingerprint density at radius 2 is 1.56 bits per heavy atom.